The van der Waals surface area contributed by atoms with Gasteiger partial charge >= 0.3 is 12.6 Å². The van der Waals surface area contributed by atoms with Gasteiger partial charge in [0.1, 0.15) is 5.75 Å². The van der Waals surface area contributed by atoms with Crippen LogP contribution in [0.4, 0.5) is 13.6 Å². The monoisotopic (exact) mass is 339 g/mol. The van der Waals surface area contributed by atoms with Gasteiger partial charge in [-0.15, -0.1) is 0 Å². The van der Waals surface area contributed by atoms with Crippen LogP contribution in [0.5, 0.6) is 5.75 Å². The Morgan fingerprint density at radius 1 is 1.17 bits per heavy atom. The molecule has 3 aliphatic rings. The lowest BCUT2D eigenvalue weighted by Gasteiger charge is -2.32. The van der Waals surface area contributed by atoms with Gasteiger partial charge in [-0.25, -0.2) is 4.79 Å². The zero-order chi connectivity index (χ0) is 17.1. The van der Waals surface area contributed by atoms with E-state index in [1.807, 2.05) is 11.8 Å². The van der Waals surface area contributed by atoms with E-state index in [9.17, 15) is 13.6 Å². The quantitative estimate of drug-likeness (QED) is 0.917. The normalized spacial score (nSPS) is 24.6. The van der Waals surface area contributed by atoms with Crippen molar-refractivity contribution in [1.82, 2.24) is 15.1 Å². The van der Waals surface area contributed by atoms with Crippen LogP contribution in [0.25, 0.3) is 0 Å². The Bertz CT molecular complexity index is 559. The van der Waals surface area contributed by atoms with E-state index < -0.39 is 6.61 Å². The van der Waals surface area contributed by atoms with Crippen molar-refractivity contribution < 1.29 is 18.3 Å². The van der Waals surface area contributed by atoms with Crippen LogP contribution in [0.2, 0.25) is 0 Å². The molecule has 0 unspecified atom stereocenters. The highest BCUT2D eigenvalue weighted by Crippen LogP contribution is 2.23. The van der Waals surface area contributed by atoms with Crippen molar-refractivity contribution in [2.75, 3.05) is 26.2 Å². The highest BCUT2D eigenvalue weighted by Gasteiger charge is 2.32. The molecule has 3 aliphatic heterocycles. The summed E-state index contributed by atoms with van der Waals surface area (Å²) >= 11 is 0. The van der Waals surface area contributed by atoms with Crippen molar-refractivity contribution in [1.29, 1.82) is 0 Å². The second-order valence-electron chi connectivity index (χ2n) is 6.38. The highest BCUT2D eigenvalue weighted by molar-refractivity contribution is 5.75. The largest absolute Gasteiger partial charge is 0.435 e. The molecule has 0 aromatic heterocycles. The minimum atomic E-state index is -2.83. The van der Waals surface area contributed by atoms with Gasteiger partial charge in [0.15, 0.2) is 0 Å². The Balaban J connectivity index is 1.59. The van der Waals surface area contributed by atoms with E-state index in [4.69, 9.17) is 0 Å². The first-order valence-corrected chi connectivity index (χ1v) is 8.37. The van der Waals surface area contributed by atoms with Gasteiger partial charge in [0.25, 0.3) is 0 Å². The SMILES string of the molecule is C[C@H](NC(=O)N1CCN2CCC1CC2)c1ccc(OC(F)F)cc1. The van der Waals surface area contributed by atoms with E-state index in [0.29, 0.717) is 6.04 Å². The van der Waals surface area contributed by atoms with E-state index in [0.717, 1.165) is 44.6 Å². The molecule has 5 nitrogen and oxygen atoms in total. The fraction of sp³-hybridized carbons (Fsp3) is 0.588. The molecule has 0 radical (unpaired) electrons. The predicted molar refractivity (Wildman–Crippen MR) is 86.2 cm³/mol. The van der Waals surface area contributed by atoms with Gasteiger partial charge in [0.05, 0.1) is 6.04 Å². The molecule has 7 heteroatoms. The number of nitrogens with zero attached hydrogens (tertiary/aromatic N) is 2. The molecule has 2 amide bonds. The van der Waals surface area contributed by atoms with Crippen molar-refractivity contribution in [2.45, 2.75) is 38.5 Å². The third-order valence-electron chi connectivity index (χ3n) is 4.86. The van der Waals surface area contributed by atoms with Crippen molar-refractivity contribution in [3.63, 3.8) is 0 Å². The van der Waals surface area contributed by atoms with Crippen LogP contribution in [0, 0.1) is 0 Å². The third-order valence-corrected chi connectivity index (χ3v) is 4.86. The maximum atomic E-state index is 12.6. The number of hydrogen-bond acceptors (Lipinski definition) is 3. The molecular weight excluding hydrogens is 316 g/mol. The molecule has 2 bridgehead atoms. The number of ether oxygens (including phenoxy) is 1. The van der Waals surface area contributed by atoms with Gasteiger partial charge in [-0.05, 0) is 37.5 Å². The zero-order valence-electron chi connectivity index (χ0n) is 13.8. The van der Waals surface area contributed by atoms with Crippen LogP contribution in [-0.2, 0) is 0 Å². The number of amides is 2. The molecule has 1 aromatic carbocycles. The second kappa shape index (κ2) is 7.34. The summed E-state index contributed by atoms with van der Waals surface area (Å²) in [7, 11) is 0. The lowest BCUT2D eigenvalue weighted by atomic mass is 10.1. The van der Waals surface area contributed by atoms with Gasteiger partial charge in [0, 0.05) is 32.2 Å². The Morgan fingerprint density at radius 3 is 2.46 bits per heavy atom. The number of urea groups is 1. The van der Waals surface area contributed by atoms with Gasteiger partial charge in [-0.2, -0.15) is 8.78 Å². The molecule has 24 heavy (non-hydrogen) atoms. The maximum Gasteiger partial charge on any atom is 0.387 e. The lowest BCUT2D eigenvalue weighted by Crippen LogP contribution is -2.47. The summed E-state index contributed by atoms with van der Waals surface area (Å²) in [5.41, 5.74) is 0.854. The summed E-state index contributed by atoms with van der Waals surface area (Å²) in [5.74, 6) is 0.117. The standard InChI is InChI=1S/C17H23F2N3O2/c1-12(13-2-4-15(5-3-13)24-16(18)19)20-17(23)22-11-10-21-8-6-14(22)7-9-21/h2-5,12,14,16H,6-11H2,1H3,(H,20,23)/t12-/m0/s1. The topological polar surface area (TPSA) is 44.8 Å². The predicted octanol–water partition coefficient (Wildman–Crippen LogP) is 2.84. The minimum absolute atomic E-state index is 0.0517. The first kappa shape index (κ1) is 17.0. The van der Waals surface area contributed by atoms with Crippen LogP contribution < -0.4 is 10.1 Å². The summed E-state index contributed by atoms with van der Waals surface area (Å²) in [5, 5.41) is 3.02. The molecule has 0 aliphatic carbocycles. The molecule has 0 saturated carbocycles. The Kier molecular flexibility index (Phi) is 5.18. The van der Waals surface area contributed by atoms with Crippen molar-refractivity contribution in [3.05, 3.63) is 29.8 Å². The number of carbonyl (C=O) groups is 1. The summed E-state index contributed by atoms with van der Waals surface area (Å²) in [4.78, 5) is 16.9. The minimum Gasteiger partial charge on any atom is -0.435 e. The van der Waals surface area contributed by atoms with Crippen molar-refractivity contribution in [2.24, 2.45) is 0 Å². The molecule has 3 fully saturated rings. The van der Waals surface area contributed by atoms with Crippen LogP contribution in [0.1, 0.15) is 31.4 Å². The van der Waals surface area contributed by atoms with Crippen LogP contribution >= 0.6 is 0 Å². The first-order valence-electron chi connectivity index (χ1n) is 8.37. The fourth-order valence-electron chi connectivity index (χ4n) is 3.44. The number of piperidine rings is 1. The van der Waals surface area contributed by atoms with Crippen molar-refractivity contribution in [3.8, 4) is 5.75 Å². The van der Waals surface area contributed by atoms with E-state index >= 15 is 0 Å². The highest BCUT2D eigenvalue weighted by atomic mass is 19.3. The van der Waals surface area contributed by atoms with Crippen LogP contribution in [0.15, 0.2) is 24.3 Å². The van der Waals surface area contributed by atoms with E-state index in [1.165, 1.54) is 12.1 Å². The molecule has 132 valence electrons. The number of benzene rings is 1. The number of fused-ring (bicyclic) bond motifs is 4. The first-order chi connectivity index (χ1) is 11.5. The van der Waals surface area contributed by atoms with E-state index in [1.54, 1.807) is 12.1 Å². The number of hydrogen-bond donors (Lipinski definition) is 1. The van der Waals surface area contributed by atoms with Crippen molar-refractivity contribution >= 4 is 6.03 Å². The third kappa shape index (κ3) is 3.95. The molecule has 1 atom stereocenters. The van der Waals surface area contributed by atoms with E-state index in [2.05, 4.69) is 15.0 Å². The molecule has 1 aromatic rings. The number of nitrogens with one attached hydrogen (secondary N) is 1. The maximum absolute atomic E-state index is 12.6. The molecule has 3 saturated heterocycles. The summed E-state index contributed by atoms with van der Waals surface area (Å²) in [6.07, 6.45) is 2.06. The summed E-state index contributed by atoms with van der Waals surface area (Å²) < 4.78 is 28.7. The number of carbonyl (C=O) groups excluding carboxylic acids is 1. The van der Waals surface area contributed by atoms with Crippen LogP contribution in [0.3, 0.4) is 0 Å². The summed E-state index contributed by atoms with van der Waals surface area (Å²) in [6.45, 7) is 2.87. The molecule has 3 heterocycles. The van der Waals surface area contributed by atoms with E-state index in [-0.39, 0.29) is 17.8 Å². The number of alkyl halides is 2. The number of halogens is 2. The summed E-state index contributed by atoms with van der Waals surface area (Å²) in [6, 6.07) is 6.45. The average molecular weight is 339 g/mol. The molecule has 0 spiro atoms. The van der Waals surface area contributed by atoms with Gasteiger partial charge in [-0.1, -0.05) is 12.1 Å². The zero-order valence-corrected chi connectivity index (χ0v) is 13.8. The van der Waals surface area contributed by atoms with Gasteiger partial charge in [0.2, 0.25) is 0 Å². The Morgan fingerprint density at radius 2 is 1.83 bits per heavy atom. The Hall–Kier alpha value is -1.89. The Labute approximate surface area is 140 Å². The molecule has 4 rings (SSSR count). The number of rotatable bonds is 4. The average Bonchev–Trinajstić information content (AvgIpc) is 2.88. The lowest BCUT2D eigenvalue weighted by molar-refractivity contribution is -0.0498. The smallest absolute Gasteiger partial charge is 0.387 e. The molecular formula is C17H23F2N3O2. The van der Waals surface area contributed by atoms with Gasteiger partial charge in [-0.3, -0.25) is 0 Å². The fourth-order valence-corrected chi connectivity index (χ4v) is 3.44. The van der Waals surface area contributed by atoms with Gasteiger partial charge < -0.3 is 19.9 Å². The second-order valence-corrected chi connectivity index (χ2v) is 6.38. The molecule has 1 N–H and O–H groups in total. The van der Waals surface area contributed by atoms with Crippen LogP contribution in [-0.4, -0.2) is 54.7 Å².